The van der Waals surface area contributed by atoms with E-state index in [0.29, 0.717) is 29.8 Å². The molecule has 0 fully saturated rings. The van der Waals surface area contributed by atoms with Gasteiger partial charge in [-0.1, -0.05) is 6.92 Å². The van der Waals surface area contributed by atoms with Crippen molar-refractivity contribution in [1.82, 2.24) is 9.78 Å². The quantitative estimate of drug-likeness (QED) is 0.665. The lowest BCUT2D eigenvalue weighted by Crippen LogP contribution is -2.22. The molecule has 2 aromatic rings. The number of carbonyl (C=O) groups is 1. The van der Waals surface area contributed by atoms with E-state index in [-0.39, 0.29) is 5.88 Å². The normalized spacial score (nSPS) is 11.4. The van der Waals surface area contributed by atoms with Crippen LogP contribution in [0.25, 0.3) is 0 Å². The predicted octanol–water partition coefficient (Wildman–Crippen LogP) is 3.40. The molecule has 1 aromatic heterocycles. The Balaban J connectivity index is 2.52. The smallest absolute Gasteiger partial charge is 0.416 e. The number of primary amides is 1. The number of rotatable bonds is 4. The van der Waals surface area contributed by atoms with E-state index in [1.165, 1.54) is 0 Å². The van der Waals surface area contributed by atoms with Crippen molar-refractivity contribution >= 4 is 11.7 Å². The van der Waals surface area contributed by atoms with Gasteiger partial charge < -0.3 is 10.5 Å². The highest BCUT2D eigenvalue weighted by molar-refractivity contribution is 5.75. The molecule has 134 valence electrons. The molecule has 8 nitrogen and oxygen atoms in total. The number of amides is 1. The Hall–Kier alpha value is -3.11. The molecule has 0 aliphatic rings. The zero-order chi connectivity index (χ0) is 18.9. The van der Waals surface area contributed by atoms with Crippen molar-refractivity contribution in [2.45, 2.75) is 26.4 Å². The highest BCUT2D eigenvalue weighted by Gasteiger charge is 2.33. The molecule has 11 heteroatoms. The molecule has 1 heterocycles. The first kappa shape index (κ1) is 18.2. The van der Waals surface area contributed by atoms with Crippen LogP contribution in [0.3, 0.4) is 0 Å². The molecule has 0 saturated heterocycles. The summed E-state index contributed by atoms with van der Waals surface area (Å²) in [5.74, 6) is -0.566. The van der Waals surface area contributed by atoms with Gasteiger partial charge in [0.2, 0.25) is 11.6 Å². The van der Waals surface area contributed by atoms with Crippen molar-refractivity contribution < 1.29 is 27.6 Å². The van der Waals surface area contributed by atoms with Gasteiger partial charge in [-0.2, -0.15) is 17.9 Å². The summed E-state index contributed by atoms with van der Waals surface area (Å²) in [7, 11) is 0. The first-order chi connectivity index (χ1) is 11.6. The van der Waals surface area contributed by atoms with Crippen LogP contribution in [0, 0.1) is 17.0 Å². The average molecular weight is 358 g/mol. The van der Waals surface area contributed by atoms with Crippen molar-refractivity contribution in [2.24, 2.45) is 5.73 Å². The zero-order valence-electron chi connectivity index (χ0n) is 13.1. The van der Waals surface area contributed by atoms with Crippen molar-refractivity contribution in [3.63, 3.8) is 0 Å². The summed E-state index contributed by atoms with van der Waals surface area (Å²) in [5.41, 5.74) is 3.94. The fraction of sp³-hybridized carbons (Fsp3) is 0.286. The molecule has 0 spiro atoms. The largest absolute Gasteiger partial charge is 0.430 e. The van der Waals surface area contributed by atoms with E-state index in [1.54, 1.807) is 13.8 Å². The molecule has 0 unspecified atom stereocenters. The number of halogens is 3. The second kappa shape index (κ2) is 6.42. The third-order valence-corrected chi connectivity index (χ3v) is 3.46. The number of hydrogen-bond donors (Lipinski definition) is 1. The number of aromatic nitrogens is 2. The molecule has 0 aliphatic heterocycles. The van der Waals surface area contributed by atoms with E-state index in [2.05, 4.69) is 5.10 Å². The monoisotopic (exact) mass is 358 g/mol. The Morgan fingerprint density at radius 3 is 2.56 bits per heavy atom. The lowest BCUT2D eigenvalue weighted by molar-refractivity contribution is -0.385. The second-order valence-electron chi connectivity index (χ2n) is 5.01. The van der Waals surface area contributed by atoms with Crippen LogP contribution in [-0.4, -0.2) is 20.7 Å². The van der Waals surface area contributed by atoms with Gasteiger partial charge in [0, 0.05) is 11.6 Å². The number of nitrogens with zero attached hydrogens (tertiary/aromatic N) is 3. The fourth-order valence-electron chi connectivity index (χ4n) is 2.24. The number of nitro benzene ring substituents is 1. The topological polar surface area (TPSA) is 113 Å². The van der Waals surface area contributed by atoms with Crippen LogP contribution in [0.2, 0.25) is 0 Å². The fourth-order valence-corrected chi connectivity index (χ4v) is 2.24. The van der Waals surface area contributed by atoms with E-state index in [9.17, 15) is 28.1 Å². The maximum Gasteiger partial charge on any atom is 0.416 e. The van der Waals surface area contributed by atoms with E-state index < -0.39 is 34.1 Å². The van der Waals surface area contributed by atoms with Crippen LogP contribution in [0.4, 0.5) is 23.7 Å². The first-order valence-electron chi connectivity index (χ1n) is 6.98. The minimum atomic E-state index is -4.73. The lowest BCUT2D eigenvalue weighted by atomic mass is 10.1. The van der Waals surface area contributed by atoms with Gasteiger partial charge in [0.25, 0.3) is 0 Å². The summed E-state index contributed by atoms with van der Waals surface area (Å²) in [6.07, 6.45) is -4.37. The number of nitrogens with two attached hydrogens (primary N) is 1. The Bertz CT molecular complexity index is 845. The summed E-state index contributed by atoms with van der Waals surface area (Å²) < 4.78 is 44.3. The van der Waals surface area contributed by atoms with Crippen LogP contribution in [0.5, 0.6) is 11.6 Å². The van der Waals surface area contributed by atoms with Gasteiger partial charge in [0.05, 0.1) is 16.2 Å². The summed E-state index contributed by atoms with van der Waals surface area (Å²) in [4.78, 5) is 21.4. The van der Waals surface area contributed by atoms with E-state index >= 15 is 0 Å². The Labute approximate surface area is 139 Å². The van der Waals surface area contributed by atoms with Crippen LogP contribution in [0.15, 0.2) is 18.2 Å². The molecule has 0 atom stereocenters. The maximum atomic E-state index is 12.7. The molecule has 0 aliphatic carbocycles. The minimum Gasteiger partial charge on any atom is -0.430 e. The Morgan fingerprint density at radius 1 is 1.44 bits per heavy atom. The molecule has 1 aromatic carbocycles. The third-order valence-electron chi connectivity index (χ3n) is 3.46. The number of carbonyl (C=O) groups excluding carboxylic acids is 1. The number of hydrogen-bond acceptors (Lipinski definition) is 5. The van der Waals surface area contributed by atoms with Gasteiger partial charge in [-0.25, -0.2) is 4.79 Å². The average Bonchev–Trinajstić information content (AvgIpc) is 2.82. The van der Waals surface area contributed by atoms with Crippen LogP contribution in [0.1, 0.15) is 23.7 Å². The van der Waals surface area contributed by atoms with Crippen molar-refractivity contribution in [3.8, 4) is 11.6 Å². The SMILES string of the molecule is CCc1c(Oc2ccc(C(F)(F)F)cc2[N+](=O)[O-])nn(C(N)=O)c1C. The number of benzene rings is 1. The van der Waals surface area contributed by atoms with E-state index in [4.69, 9.17) is 10.5 Å². The summed E-state index contributed by atoms with van der Waals surface area (Å²) in [6, 6.07) is 0.980. The van der Waals surface area contributed by atoms with E-state index in [1.807, 2.05) is 0 Å². The van der Waals surface area contributed by atoms with Crippen LogP contribution < -0.4 is 10.5 Å². The highest BCUT2D eigenvalue weighted by atomic mass is 19.4. The van der Waals surface area contributed by atoms with Gasteiger partial charge in [0.15, 0.2) is 0 Å². The Kier molecular flexibility index (Phi) is 4.68. The number of ether oxygens (including phenoxy) is 1. The van der Waals surface area contributed by atoms with Gasteiger partial charge in [0.1, 0.15) is 0 Å². The summed E-state index contributed by atoms with van der Waals surface area (Å²) >= 11 is 0. The minimum absolute atomic E-state index is 0.137. The summed E-state index contributed by atoms with van der Waals surface area (Å²) in [6.45, 7) is 3.27. The second-order valence-corrected chi connectivity index (χ2v) is 5.01. The van der Waals surface area contributed by atoms with Crippen molar-refractivity contribution in [1.29, 1.82) is 0 Å². The highest BCUT2D eigenvalue weighted by Crippen LogP contribution is 2.38. The third kappa shape index (κ3) is 3.54. The summed E-state index contributed by atoms with van der Waals surface area (Å²) in [5, 5.41) is 14.9. The standard InChI is InChI=1S/C14H13F3N4O4/c1-3-9-7(2)20(13(18)22)19-12(9)25-11-5-4-8(14(15,16)17)6-10(11)21(23)24/h4-6H,3H2,1-2H3,(H2,18,22). The molecule has 25 heavy (non-hydrogen) atoms. The molecule has 0 saturated carbocycles. The van der Waals surface area contributed by atoms with Gasteiger partial charge in [-0.15, -0.1) is 5.10 Å². The lowest BCUT2D eigenvalue weighted by Gasteiger charge is -2.09. The molecule has 2 N–H and O–H groups in total. The number of alkyl halides is 3. The molecule has 0 bridgehead atoms. The van der Waals surface area contributed by atoms with Gasteiger partial charge in [-0.3, -0.25) is 10.1 Å². The van der Waals surface area contributed by atoms with Crippen molar-refractivity contribution in [2.75, 3.05) is 0 Å². The Morgan fingerprint density at radius 2 is 2.08 bits per heavy atom. The van der Waals surface area contributed by atoms with Gasteiger partial charge >= 0.3 is 17.9 Å². The molecular weight excluding hydrogens is 345 g/mol. The van der Waals surface area contributed by atoms with Crippen LogP contribution >= 0.6 is 0 Å². The number of nitro groups is 1. The predicted molar refractivity (Wildman–Crippen MR) is 79.5 cm³/mol. The van der Waals surface area contributed by atoms with Crippen LogP contribution in [-0.2, 0) is 12.6 Å². The molecule has 2 rings (SSSR count). The molecule has 1 amide bonds. The van der Waals surface area contributed by atoms with Gasteiger partial charge in [-0.05, 0) is 25.5 Å². The molecular formula is C14H13F3N4O4. The van der Waals surface area contributed by atoms with Crippen molar-refractivity contribution in [3.05, 3.63) is 45.1 Å². The zero-order valence-corrected chi connectivity index (χ0v) is 13.1. The van der Waals surface area contributed by atoms with E-state index in [0.717, 1.165) is 10.7 Å². The maximum absolute atomic E-state index is 12.7. The first-order valence-corrected chi connectivity index (χ1v) is 6.98. The molecule has 0 radical (unpaired) electrons.